The minimum absolute atomic E-state index is 0.0296. The van der Waals surface area contributed by atoms with Gasteiger partial charge in [0.2, 0.25) is 0 Å². The van der Waals surface area contributed by atoms with E-state index in [1.807, 2.05) is 5.38 Å². The van der Waals surface area contributed by atoms with Gasteiger partial charge in [-0.1, -0.05) is 18.2 Å². The number of aliphatic hydroxyl groups excluding tert-OH is 1. The fourth-order valence-corrected chi connectivity index (χ4v) is 2.79. The number of para-hydroxylation sites is 1. The highest BCUT2D eigenvalue weighted by Gasteiger charge is 2.15. The highest BCUT2D eigenvalue weighted by Crippen LogP contribution is 2.16. The van der Waals surface area contributed by atoms with E-state index < -0.39 is 17.6 Å². The monoisotopic (exact) mass is 315 g/mol. The van der Waals surface area contributed by atoms with Crippen LogP contribution in [0.2, 0.25) is 0 Å². The molecule has 0 unspecified atom stereocenters. The van der Waals surface area contributed by atoms with Crippen LogP contribution in [0.4, 0.5) is 0 Å². The number of nitrogens with one attached hydrogen (secondary N) is 1. The van der Waals surface area contributed by atoms with Gasteiger partial charge in [-0.2, -0.15) is 11.3 Å². The van der Waals surface area contributed by atoms with Crippen molar-refractivity contribution >= 4 is 28.2 Å². The smallest absolute Gasteiger partial charge is 0.349 e. The topological polar surface area (TPSA) is 79.5 Å². The van der Waals surface area contributed by atoms with E-state index in [0.29, 0.717) is 11.0 Å². The fraction of sp³-hybridized carbons (Fsp3) is 0.125. The average Bonchev–Trinajstić information content (AvgIpc) is 3.06. The second-order valence-corrected chi connectivity index (χ2v) is 5.55. The van der Waals surface area contributed by atoms with Crippen LogP contribution in [0.15, 0.2) is 56.4 Å². The Labute approximate surface area is 129 Å². The summed E-state index contributed by atoms with van der Waals surface area (Å²) in [5.41, 5.74) is 0.399. The van der Waals surface area contributed by atoms with Crippen molar-refractivity contribution in [2.24, 2.45) is 0 Å². The Bertz CT molecular complexity index is 854. The first-order valence-electron chi connectivity index (χ1n) is 6.66. The molecule has 1 amide bonds. The van der Waals surface area contributed by atoms with Gasteiger partial charge in [0, 0.05) is 11.9 Å². The van der Waals surface area contributed by atoms with Gasteiger partial charge in [-0.05, 0) is 34.5 Å². The summed E-state index contributed by atoms with van der Waals surface area (Å²) in [6, 6.07) is 10.2. The zero-order valence-corrected chi connectivity index (χ0v) is 12.3. The van der Waals surface area contributed by atoms with Crippen LogP contribution in [-0.2, 0) is 0 Å². The van der Waals surface area contributed by atoms with Gasteiger partial charge in [0.05, 0.1) is 6.10 Å². The predicted octanol–water partition coefficient (Wildman–Crippen LogP) is 2.32. The maximum absolute atomic E-state index is 12.1. The Morgan fingerprint density at radius 3 is 2.91 bits per heavy atom. The predicted molar refractivity (Wildman–Crippen MR) is 84.1 cm³/mol. The summed E-state index contributed by atoms with van der Waals surface area (Å²) >= 11 is 1.46. The molecule has 0 aliphatic rings. The van der Waals surface area contributed by atoms with Crippen LogP contribution in [0.1, 0.15) is 22.0 Å². The first-order chi connectivity index (χ1) is 10.6. The number of carbonyl (C=O) groups excluding carboxylic acids is 1. The molecule has 6 heteroatoms. The maximum Gasteiger partial charge on any atom is 0.349 e. The quantitative estimate of drug-likeness (QED) is 0.724. The lowest BCUT2D eigenvalue weighted by Gasteiger charge is -2.10. The van der Waals surface area contributed by atoms with Crippen molar-refractivity contribution in [3.8, 4) is 0 Å². The molecule has 2 aromatic heterocycles. The van der Waals surface area contributed by atoms with Crippen LogP contribution in [-0.4, -0.2) is 17.6 Å². The van der Waals surface area contributed by atoms with E-state index in [4.69, 9.17) is 4.42 Å². The van der Waals surface area contributed by atoms with Gasteiger partial charge in [0.25, 0.3) is 5.91 Å². The molecule has 2 heterocycles. The number of amides is 1. The Kier molecular flexibility index (Phi) is 4.04. The Hall–Kier alpha value is -2.44. The number of carbonyl (C=O) groups is 1. The van der Waals surface area contributed by atoms with Gasteiger partial charge in [-0.25, -0.2) is 4.79 Å². The number of hydrogen-bond donors (Lipinski definition) is 2. The molecule has 112 valence electrons. The lowest BCUT2D eigenvalue weighted by Crippen LogP contribution is -2.31. The minimum atomic E-state index is -0.803. The van der Waals surface area contributed by atoms with Crippen molar-refractivity contribution < 1.29 is 14.3 Å². The molecule has 0 aliphatic heterocycles. The van der Waals surface area contributed by atoms with E-state index >= 15 is 0 Å². The highest BCUT2D eigenvalue weighted by atomic mass is 32.1. The normalized spacial score (nSPS) is 12.2. The molecule has 1 atom stereocenters. The van der Waals surface area contributed by atoms with Gasteiger partial charge in [-0.3, -0.25) is 4.79 Å². The summed E-state index contributed by atoms with van der Waals surface area (Å²) in [6.45, 7) is 0.0296. The number of thiophene rings is 1. The van der Waals surface area contributed by atoms with Crippen LogP contribution in [0.3, 0.4) is 0 Å². The molecule has 3 rings (SSSR count). The van der Waals surface area contributed by atoms with E-state index in [9.17, 15) is 14.7 Å². The summed E-state index contributed by atoms with van der Waals surface area (Å²) in [5.74, 6) is -0.561. The van der Waals surface area contributed by atoms with Gasteiger partial charge >= 0.3 is 5.63 Å². The lowest BCUT2D eigenvalue weighted by atomic mass is 10.1. The third-order valence-electron chi connectivity index (χ3n) is 3.27. The third-order valence-corrected chi connectivity index (χ3v) is 3.97. The van der Waals surface area contributed by atoms with E-state index in [1.54, 1.807) is 35.7 Å². The first-order valence-corrected chi connectivity index (χ1v) is 7.60. The van der Waals surface area contributed by atoms with Crippen LogP contribution < -0.4 is 10.9 Å². The third kappa shape index (κ3) is 2.93. The molecule has 0 saturated carbocycles. The van der Waals surface area contributed by atoms with E-state index in [0.717, 1.165) is 5.56 Å². The summed E-state index contributed by atoms with van der Waals surface area (Å²) in [4.78, 5) is 24.0. The van der Waals surface area contributed by atoms with Gasteiger partial charge < -0.3 is 14.8 Å². The zero-order chi connectivity index (χ0) is 15.5. The Morgan fingerprint density at radius 2 is 2.14 bits per heavy atom. The summed E-state index contributed by atoms with van der Waals surface area (Å²) < 4.78 is 5.12. The molecule has 0 fully saturated rings. The lowest BCUT2D eigenvalue weighted by molar-refractivity contribution is 0.0913. The molecule has 0 radical (unpaired) electrons. The summed E-state index contributed by atoms with van der Waals surface area (Å²) in [5, 5.41) is 16.8. The summed E-state index contributed by atoms with van der Waals surface area (Å²) in [7, 11) is 0. The van der Waals surface area contributed by atoms with Crippen LogP contribution in [0, 0.1) is 0 Å². The molecule has 0 bridgehead atoms. The fourth-order valence-electron chi connectivity index (χ4n) is 2.09. The molecule has 5 nitrogen and oxygen atoms in total. The van der Waals surface area contributed by atoms with Crippen molar-refractivity contribution in [3.63, 3.8) is 0 Å². The molecule has 0 spiro atoms. The molecule has 22 heavy (non-hydrogen) atoms. The molecule has 2 N–H and O–H groups in total. The molecule has 1 aromatic carbocycles. The second kappa shape index (κ2) is 6.13. The largest absolute Gasteiger partial charge is 0.422 e. The molecule has 0 saturated heterocycles. The number of fused-ring (bicyclic) bond motifs is 1. The molecular weight excluding hydrogens is 302 g/mol. The van der Waals surface area contributed by atoms with Gasteiger partial charge in [-0.15, -0.1) is 0 Å². The van der Waals surface area contributed by atoms with Crippen molar-refractivity contribution in [1.82, 2.24) is 5.32 Å². The van der Waals surface area contributed by atoms with Crippen molar-refractivity contribution in [2.75, 3.05) is 6.54 Å². The van der Waals surface area contributed by atoms with Crippen LogP contribution >= 0.6 is 11.3 Å². The average molecular weight is 315 g/mol. The number of benzene rings is 1. The number of aliphatic hydroxyl groups is 1. The van der Waals surface area contributed by atoms with E-state index in [1.165, 1.54) is 17.4 Å². The number of rotatable bonds is 4. The SMILES string of the molecule is O=C(NC[C@@H](O)c1ccsc1)c1cc2ccccc2oc1=O. The van der Waals surface area contributed by atoms with Gasteiger partial charge in [0.1, 0.15) is 11.1 Å². The highest BCUT2D eigenvalue weighted by molar-refractivity contribution is 7.07. The van der Waals surface area contributed by atoms with E-state index in [-0.39, 0.29) is 12.1 Å². The first kappa shape index (κ1) is 14.5. The maximum atomic E-state index is 12.1. The van der Waals surface area contributed by atoms with Crippen molar-refractivity contribution in [1.29, 1.82) is 0 Å². The Balaban J connectivity index is 1.77. The minimum Gasteiger partial charge on any atom is -0.422 e. The molecular formula is C16H13NO4S. The van der Waals surface area contributed by atoms with E-state index in [2.05, 4.69) is 5.32 Å². The van der Waals surface area contributed by atoms with Crippen molar-refractivity contribution in [3.05, 3.63) is 68.7 Å². The van der Waals surface area contributed by atoms with Crippen LogP contribution in [0.5, 0.6) is 0 Å². The summed E-state index contributed by atoms with van der Waals surface area (Å²) in [6.07, 6.45) is -0.803. The number of hydrogen-bond acceptors (Lipinski definition) is 5. The molecule has 0 aliphatic carbocycles. The standard InChI is InChI=1S/C16H13NO4S/c18-13(11-5-6-22-9-11)8-17-15(19)12-7-10-3-1-2-4-14(10)21-16(12)20/h1-7,9,13,18H,8H2,(H,17,19)/t13-/m1/s1. The van der Waals surface area contributed by atoms with Crippen LogP contribution in [0.25, 0.3) is 11.0 Å². The van der Waals surface area contributed by atoms with Gasteiger partial charge in [0.15, 0.2) is 0 Å². The van der Waals surface area contributed by atoms with Crippen molar-refractivity contribution in [2.45, 2.75) is 6.10 Å². The zero-order valence-electron chi connectivity index (χ0n) is 11.5. The second-order valence-electron chi connectivity index (χ2n) is 4.77. The Morgan fingerprint density at radius 1 is 1.32 bits per heavy atom. The molecule has 3 aromatic rings.